The number of halogens is 3. The van der Waals surface area contributed by atoms with E-state index in [0.29, 0.717) is 5.56 Å². The number of imidazole rings is 1. The van der Waals surface area contributed by atoms with Crippen molar-refractivity contribution in [2.45, 2.75) is 6.43 Å². The third-order valence-electron chi connectivity index (χ3n) is 2.80. The van der Waals surface area contributed by atoms with E-state index >= 15 is 0 Å². The van der Waals surface area contributed by atoms with E-state index in [9.17, 15) is 18.0 Å². The van der Waals surface area contributed by atoms with Gasteiger partial charge in [-0.05, 0) is 12.1 Å². The van der Waals surface area contributed by atoms with Gasteiger partial charge in [0, 0.05) is 5.56 Å². The summed E-state index contributed by atoms with van der Waals surface area (Å²) in [6, 6.07) is 2.55. The number of rotatable bonds is 2. The number of hydrogen-bond acceptors (Lipinski definition) is 3. The zero-order valence-corrected chi connectivity index (χ0v) is 9.82. The van der Waals surface area contributed by atoms with Crippen molar-refractivity contribution in [1.82, 2.24) is 19.9 Å². The smallest absolute Gasteiger partial charge is 0.305 e. The van der Waals surface area contributed by atoms with E-state index in [2.05, 4.69) is 19.9 Å². The third kappa shape index (κ3) is 1.94. The molecule has 0 radical (unpaired) electrons. The molecule has 0 aliphatic heterocycles. The van der Waals surface area contributed by atoms with Gasteiger partial charge in [-0.2, -0.15) is 0 Å². The van der Waals surface area contributed by atoms with Gasteiger partial charge in [-0.1, -0.05) is 0 Å². The van der Waals surface area contributed by atoms with Gasteiger partial charge < -0.3 is 9.97 Å². The topological polar surface area (TPSA) is 74.4 Å². The van der Waals surface area contributed by atoms with Crippen LogP contribution in [-0.4, -0.2) is 19.9 Å². The molecule has 2 N–H and O–H groups in total. The molecule has 5 nitrogen and oxygen atoms in total. The minimum atomic E-state index is -2.71. The van der Waals surface area contributed by atoms with Crippen LogP contribution in [0.5, 0.6) is 0 Å². The highest BCUT2D eigenvalue weighted by Gasteiger charge is 2.14. The summed E-state index contributed by atoms with van der Waals surface area (Å²) >= 11 is 0. The molecule has 0 saturated heterocycles. The lowest BCUT2D eigenvalue weighted by Crippen LogP contribution is -1.99. The molecule has 0 fully saturated rings. The monoisotopic (exact) mass is 280 g/mol. The molecule has 102 valence electrons. The molecule has 0 amide bonds. The Labute approximate surface area is 109 Å². The van der Waals surface area contributed by atoms with E-state index in [4.69, 9.17) is 0 Å². The summed E-state index contributed by atoms with van der Waals surface area (Å²) in [5, 5.41) is 0. The first-order valence-electron chi connectivity index (χ1n) is 5.57. The van der Waals surface area contributed by atoms with Crippen LogP contribution in [0.3, 0.4) is 0 Å². The van der Waals surface area contributed by atoms with E-state index < -0.39 is 23.6 Å². The largest absolute Gasteiger partial charge is 0.323 e. The fraction of sp³-hybridized carbons (Fsp3) is 0.0833. The maximum atomic E-state index is 13.5. The van der Waals surface area contributed by atoms with Crippen LogP contribution >= 0.6 is 0 Å². The van der Waals surface area contributed by atoms with E-state index in [0.717, 1.165) is 18.5 Å². The van der Waals surface area contributed by atoms with Gasteiger partial charge in [-0.3, -0.25) is 9.97 Å². The summed E-state index contributed by atoms with van der Waals surface area (Å²) in [7, 11) is 0. The molecule has 0 aliphatic rings. The van der Waals surface area contributed by atoms with Crippen molar-refractivity contribution in [1.29, 1.82) is 0 Å². The molecule has 1 aromatic carbocycles. The Bertz CT molecular complexity index is 823. The highest BCUT2D eigenvalue weighted by atomic mass is 19.3. The lowest BCUT2D eigenvalue weighted by atomic mass is 10.1. The van der Waals surface area contributed by atoms with Crippen LogP contribution in [-0.2, 0) is 0 Å². The van der Waals surface area contributed by atoms with Crippen LogP contribution in [0.25, 0.3) is 22.3 Å². The fourth-order valence-electron chi connectivity index (χ4n) is 1.89. The Morgan fingerprint density at radius 2 is 1.80 bits per heavy atom. The molecule has 2 aromatic heterocycles. The molecule has 3 aromatic rings. The quantitative estimate of drug-likeness (QED) is 0.756. The summed E-state index contributed by atoms with van der Waals surface area (Å²) in [6.45, 7) is 0. The zero-order chi connectivity index (χ0) is 14.3. The van der Waals surface area contributed by atoms with Gasteiger partial charge in [0.15, 0.2) is 0 Å². The second-order valence-electron chi connectivity index (χ2n) is 4.05. The van der Waals surface area contributed by atoms with Crippen molar-refractivity contribution in [3.05, 3.63) is 46.5 Å². The van der Waals surface area contributed by atoms with Crippen molar-refractivity contribution in [3.63, 3.8) is 0 Å². The Morgan fingerprint density at radius 3 is 2.45 bits per heavy atom. The van der Waals surface area contributed by atoms with Crippen LogP contribution in [0, 0.1) is 5.82 Å². The van der Waals surface area contributed by atoms with Gasteiger partial charge in [0.05, 0.1) is 23.6 Å². The molecule has 20 heavy (non-hydrogen) atoms. The Hall–Kier alpha value is -2.64. The maximum absolute atomic E-state index is 13.5. The molecule has 8 heteroatoms. The van der Waals surface area contributed by atoms with E-state index in [1.165, 1.54) is 6.07 Å². The molecule has 0 spiro atoms. The minimum absolute atomic E-state index is 0.00670. The SMILES string of the molecule is O=c1[nH]c2c(F)ccc(-c3cnc(C(F)F)cn3)c2[nH]1. The van der Waals surface area contributed by atoms with Crippen LogP contribution in [0.1, 0.15) is 12.1 Å². The van der Waals surface area contributed by atoms with Crippen molar-refractivity contribution in [2.24, 2.45) is 0 Å². The van der Waals surface area contributed by atoms with Gasteiger partial charge in [0.25, 0.3) is 6.43 Å². The molecule has 3 rings (SSSR count). The normalized spacial score (nSPS) is 11.4. The highest BCUT2D eigenvalue weighted by Crippen LogP contribution is 2.26. The first-order chi connectivity index (χ1) is 9.56. The molecule has 0 aliphatic carbocycles. The summed E-state index contributed by atoms with van der Waals surface area (Å²) in [5.41, 5.74) is -0.137. The number of fused-ring (bicyclic) bond motifs is 1. The van der Waals surface area contributed by atoms with Crippen molar-refractivity contribution in [2.75, 3.05) is 0 Å². The second-order valence-corrected chi connectivity index (χ2v) is 4.05. The summed E-state index contributed by atoms with van der Waals surface area (Å²) < 4.78 is 38.4. The number of hydrogen-bond donors (Lipinski definition) is 2. The molecule has 2 heterocycles. The molecular formula is C12H7F3N4O. The van der Waals surface area contributed by atoms with Crippen LogP contribution in [0.2, 0.25) is 0 Å². The number of H-pyrrole nitrogens is 2. The van der Waals surface area contributed by atoms with Crippen LogP contribution in [0.15, 0.2) is 29.3 Å². The number of benzene rings is 1. The fourth-order valence-corrected chi connectivity index (χ4v) is 1.89. The van der Waals surface area contributed by atoms with Gasteiger partial charge in [0.2, 0.25) is 0 Å². The summed E-state index contributed by atoms with van der Waals surface area (Å²) in [6.07, 6.45) is -0.615. The van der Waals surface area contributed by atoms with Crippen LogP contribution < -0.4 is 5.69 Å². The average Bonchev–Trinajstić information content (AvgIpc) is 2.82. The summed E-state index contributed by atoms with van der Waals surface area (Å²) in [5.74, 6) is -0.598. The number of nitrogens with zero attached hydrogens (tertiary/aromatic N) is 2. The number of aromatic nitrogens is 4. The van der Waals surface area contributed by atoms with Crippen LogP contribution in [0.4, 0.5) is 13.2 Å². The number of alkyl halides is 2. The van der Waals surface area contributed by atoms with Gasteiger partial charge in [-0.25, -0.2) is 18.0 Å². The first-order valence-corrected chi connectivity index (χ1v) is 5.57. The van der Waals surface area contributed by atoms with Crippen molar-refractivity contribution < 1.29 is 13.2 Å². The number of nitrogens with one attached hydrogen (secondary N) is 2. The molecule has 0 bridgehead atoms. The Kier molecular flexibility index (Phi) is 2.78. The molecular weight excluding hydrogens is 273 g/mol. The zero-order valence-electron chi connectivity index (χ0n) is 9.82. The van der Waals surface area contributed by atoms with Gasteiger partial charge >= 0.3 is 5.69 Å². The number of aromatic amines is 2. The van der Waals surface area contributed by atoms with E-state index in [1.54, 1.807) is 0 Å². The van der Waals surface area contributed by atoms with E-state index in [1.807, 2.05) is 0 Å². The standard InChI is InChI=1S/C12H7F3N4O/c13-6-2-1-5(9-10(6)19-12(20)18-9)7-3-17-8(4-16-7)11(14)15/h1-4,11H,(H2,18,19,20). The van der Waals surface area contributed by atoms with Crippen molar-refractivity contribution in [3.8, 4) is 11.3 Å². The van der Waals surface area contributed by atoms with Gasteiger partial charge in [-0.15, -0.1) is 0 Å². The van der Waals surface area contributed by atoms with Crippen molar-refractivity contribution >= 4 is 11.0 Å². The third-order valence-corrected chi connectivity index (χ3v) is 2.80. The predicted molar refractivity (Wildman–Crippen MR) is 64.9 cm³/mol. The molecule has 0 unspecified atom stereocenters. The van der Waals surface area contributed by atoms with E-state index in [-0.39, 0.29) is 16.7 Å². The first kappa shape index (κ1) is 12.4. The van der Waals surface area contributed by atoms with Gasteiger partial charge in [0.1, 0.15) is 17.0 Å². The average molecular weight is 280 g/mol. The predicted octanol–water partition coefficient (Wildman–Crippen LogP) is 2.39. The second kappa shape index (κ2) is 4.48. The maximum Gasteiger partial charge on any atom is 0.323 e. The molecule has 0 saturated carbocycles. The minimum Gasteiger partial charge on any atom is -0.305 e. The highest BCUT2D eigenvalue weighted by molar-refractivity contribution is 5.90. The Morgan fingerprint density at radius 1 is 1.05 bits per heavy atom. The lowest BCUT2D eigenvalue weighted by Gasteiger charge is -2.04. The Balaban J connectivity index is 2.19. The lowest BCUT2D eigenvalue weighted by molar-refractivity contribution is 0.145. The summed E-state index contributed by atoms with van der Waals surface area (Å²) in [4.78, 5) is 23.4. The molecule has 0 atom stereocenters.